The van der Waals surface area contributed by atoms with Gasteiger partial charge in [0.25, 0.3) is 5.91 Å². The fourth-order valence-corrected chi connectivity index (χ4v) is 4.65. The first-order valence-corrected chi connectivity index (χ1v) is 12.2. The molecule has 0 aromatic heterocycles. The van der Waals surface area contributed by atoms with Crippen molar-refractivity contribution < 1.29 is 24.2 Å². The smallest absolute Gasteiger partial charge is 0.252 e. The Morgan fingerprint density at radius 3 is 2.23 bits per heavy atom. The number of methoxy groups -OCH3 is 1. The predicted octanol–water partition coefficient (Wildman–Crippen LogP) is 3.38. The molecule has 1 heterocycles. The van der Waals surface area contributed by atoms with E-state index < -0.39 is 11.3 Å². The number of benzene rings is 2. The van der Waals surface area contributed by atoms with Gasteiger partial charge in [0.1, 0.15) is 12.4 Å². The third-order valence-electron chi connectivity index (χ3n) is 6.99. The molecule has 1 saturated carbocycles. The monoisotopic (exact) mass is 478 g/mol. The second kappa shape index (κ2) is 12.2. The highest BCUT2D eigenvalue weighted by Gasteiger charge is 2.42. The molecule has 1 saturated heterocycles. The van der Waals surface area contributed by atoms with Crippen molar-refractivity contribution in [1.82, 2.24) is 10.4 Å². The fraction of sp³-hybridized carbons (Fsp3) is 0.464. The molecule has 186 valence electrons. The zero-order valence-electron chi connectivity index (χ0n) is 20.3. The van der Waals surface area contributed by atoms with Crippen LogP contribution in [0.3, 0.4) is 0 Å². The highest BCUT2D eigenvalue weighted by Crippen LogP contribution is 2.38. The summed E-state index contributed by atoms with van der Waals surface area (Å²) in [6.45, 7) is 4.71. The fourth-order valence-electron chi connectivity index (χ4n) is 4.65. The van der Waals surface area contributed by atoms with E-state index in [0.29, 0.717) is 18.6 Å². The molecule has 4 rings (SSSR count). The minimum atomic E-state index is -0.754. The Morgan fingerprint density at radius 2 is 1.66 bits per heavy atom. The topological polar surface area (TPSA) is 80.3 Å². The largest absolute Gasteiger partial charge is 0.492 e. The quantitative estimate of drug-likeness (QED) is 0.361. The maximum absolute atomic E-state index is 12.4. The number of hydrogen-bond donors (Lipinski definition) is 2. The summed E-state index contributed by atoms with van der Waals surface area (Å²) in [6, 6.07) is 15.9. The van der Waals surface area contributed by atoms with Crippen LogP contribution < -0.4 is 10.2 Å². The van der Waals surface area contributed by atoms with Gasteiger partial charge in [0, 0.05) is 37.9 Å². The van der Waals surface area contributed by atoms with Gasteiger partial charge in [-0.05, 0) is 67.6 Å². The number of ether oxygens (including phenoxy) is 3. The maximum Gasteiger partial charge on any atom is 0.252 e. The van der Waals surface area contributed by atoms with Gasteiger partial charge in [-0.2, -0.15) is 0 Å². The molecule has 7 nitrogen and oxygen atoms in total. The minimum Gasteiger partial charge on any atom is -0.492 e. The number of hydrogen-bond acceptors (Lipinski definition) is 6. The van der Waals surface area contributed by atoms with Gasteiger partial charge in [-0.25, -0.2) is 5.48 Å². The zero-order chi connectivity index (χ0) is 24.5. The van der Waals surface area contributed by atoms with Crippen LogP contribution in [0.4, 0.5) is 0 Å². The first-order chi connectivity index (χ1) is 17.1. The van der Waals surface area contributed by atoms with E-state index in [2.05, 4.69) is 41.0 Å². The molecule has 0 radical (unpaired) electrons. The van der Waals surface area contributed by atoms with Crippen LogP contribution in [0.5, 0.6) is 5.75 Å². The summed E-state index contributed by atoms with van der Waals surface area (Å²) >= 11 is 0. The lowest BCUT2D eigenvalue weighted by Crippen LogP contribution is -2.47. The van der Waals surface area contributed by atoms with E-state index in [1.165, 1.54) is 5.56 Å². The highest BCUT2D eigenvalue weighted by atomic mass is 16.5. The van der Waals surface area contributed by atoms with Gasteiger partial charge in [-0.3, -0.25) is 14.9 Å². The molecule has 0 unspecified atom stereocenters. The number of rotatable bonds is 7. The second-order valence-electron chi connectivity index (χ2n) is 9.30. The van der Waals surface area contributed by atoms with Gasteiger partial charge in [0.05, 0.1) is 24.7 Å². The van der Waals surface area contributed by atoms with E-state index in [-0.39, 0.29) is 12.7 Å². The molecule has 2 N–H and O–H groups in total. The highest BCUT2D eigenvalue weighted by molar-refractivity contribution is 5.81. The van der Waals surface area contributed by atoms with E-state index >= 15 is 0 Å². The molecule has 1 aliphatic carbocycles. The van der Waals surface area contributed by atoms with Gasteiger partial charge >= 0.3 is 0 Å². The Balaban J connectivity index is 1.31. The molecule has 2 aromatic carbocycles. The lowest BCUT2D eigenvalue weighted by molar-refractivity contribution is -0.145. The van der Waals surface area contributed by atoms with Crippen LogP contribution in [0, 0.1) is 17.3 Å². The molecule has 1 amide bonds. The molecular formula is C28H34N2O5. The van der Waals surface area contributed by atoms with Crippen molar-refractivity contribution in [3.63, 3.8) is 0 Å². The molecule has 2 aromatic rings. The third kappa shape index (κ3) is 6.83. The molecule has 2 fully saturated rings. The summed E-state index contributed by atoms with van der Waals surface area (Å²) in [4.78, 5) is 14.8. The van der Waals surface area contributed by atoms with Crippen molar-refractivity contribution in [1.29, 1.82) is 0 Å². The van der Waals surface area contributed by atoms with Gasteiger partial charge < -0.3 is 14.2 Å². The maximum atomic E-state index is 12.4. The minimum absolute atomic E-state index is 0.147. The zero-order valence-corrected chi connectivity index (χ0v) is 20.3. The van der Waals surface area contributed by atoms with Gasteiger partial charge in [0.15, 0.2) is 0 Å². The Labute approximate surface area is 207 Å². The van der Waals surface area contributed by atoms with E-state index in [9.17, 15) is 10.0 Å². The number of amides is 1. The Hall–Kier alpha value is -2.89. The SMILES string of the molecule is COC1CCC(COc2ccc(C#Cc3ccc(CN4CCOCC4)cc3)cc2)(C(=O)NO)CC1. The summed E-state index contributed by atoms with van der Waals surface area (Å²) in [5.41, 5.74) is 4.21. The van der Waals surface area contributed by atoms with Gasteiger partial charge in [0.2, 0.25) is 0 Å². The normalized spacial score (nSPS) is 22.6. The standard InChI is InChI=1S/C28H34N2O5/c1-33-25-12-14-28(15-13-25,27(31)29-32)21-35-26-10-8-23(9-11-26)3-2-22-4-6-24(7-5-22)20-30-16-18-34-19-17-30/h4-11,25,32H,12-21H2,1H3,(H,29,31). The van der Waals surface area contributed by atoms with Gasteiger partial charge in [-0.1, -0.05) is 24.0 Å². The predicted molar refractivity (Wildman–Crippen MR) is 132 cm³/mol. The van der Waals surface area contributed by atoms with Crippen LogP contribution in [0.25, 0.3) is 0 Å². The summed E-state index contributed by atoms with van der Waals surface area (Å²) in [6.07, 6.45) is 2.87. The number of hydroxylamine groups is 1. The van der Waals surface area contributed by atoms with Crippen molar-refractivity contribution in [3.8, 4) is 17.6 Å². The number of carbonyl (C=O) groups is 1. The summed E-state index contributed by atoms with van der Waals surface area (Å²) < 4.78 is 16.8. The third-order valence-corrected chi connectivity index (χ3v) is 6.99. The van der Waals surface area contributed by atoms with Crippen LogP contribution in [0.2, 0.25) is 0 Å². The van der Waals surface area contributed by atoms with Crippen molar-refractivity contribution in [2.45, 2.75) is 38.3 Å². The molecule has 7 heteroatoms. The molecule has 0 atom stereocenters. The first kappa shape index (κ1) is 25.2. The van der Waals surface area contributed by atoms with Crippen LogP contribution in [-0.4, -0.2) is 62.1 Å². The van der Waals surface area contributed by atoms with E-state index in [0.717, 1.165) is 56.8 Å². The number of morpholine rings is 1. The molecular weight excluding hydrogens is 444 g/mol. The molecule has 1 aliphatic heterocycles. The molecule has 0 bridgehead atoms. The summed E-state index contributed by atoms with van der Waals surface area (Å²) in [5, 5.41) is 9.24. The molecule has 0 spiro atoms. The Kier molecular flexibility index (Phi) is 8.78. The average molecular weight is 479 g/mol. The summed E-state index contributed by atoms with van der Waals surface area (Å²) in [7, 11) is 1.69. The molecule has 2 aliphatic rings. The van der Waals surface area contributed by atoms with E-state index in [4.69, 9.17) is 14.2 Å². The first-order valence-electron chi connectivity index (χ1n) is 12.2. The second-order valence-corrected chi connectivity index (χ2v) is 9.30. The number of nitrogens with one attached hydrogen (secondary N) is 1. The lowest BCUT2D eigenvalue weighted by Gasteiger charge is -2.37. The summed E-state index contributed by atoms with van der Waals surface area (Å²) in [5.74, 6) is 6.68. The number of carbonyl (C=O) groups excluding carboxylic acids is 1. The van der Waals surface area contributed by atoms with Crippen molar-refractivity contribution >= 4 is 5.91 Å². The van der Waals surface area contributed by atoms with Crippen LogP contribution in [0.15, 0.2) is 48.5 Å². The van der Waals surface area contributed by atoms with Gasteiger partial charge in [-0.15, -0.1) is 0 Å². The van der Waals surface area contributed by atoms with Crippen molar-refractivity contribution in [2.24, 2.45) is 5.41 Å². The van der Waals surface area contributed by atoms with E-state index in [1.54, 1.807) is 7.11 Å². The Bertz CT molecular complexity index is 1010. The van der Waals surface area contributed by atoms with Crippen LogP contribution in [0.1, 0.15) is 42.4 Å². The Morgan fingerprint density at radius 1 is 1.06 bits per heavy atom. The molecule has 35 heavy (non-hydrogen) atoms. The number of nitrogens with zero attached hydrogens (tertiary/aromatic N) is 1. The van der Waals surface area contributed by atoms with Crippen molar-refractivity contribution in [3.05, 3.63) is 65.2 Å². The van der Waals surface area contributed by atoms with Crippen LogP contribution >= 0.6 is 0 Å². The van der Waals surface area contributed by atoms with E-state index in [1.807, 2.05) is 29.7 Å². The lowest BCUT2D eigenvalue weighted by atomic mass is 9.73. The van der Waals surface area contributed by atoms with Crippen molar-refractivity contribution in [2.75, 3.05) is 40.0 Å². The van der Waals surface area contributed by atoms with Crippen LogP contribution in [-0.2, 0) is 20.8 Å². The average Bonchev–Trinajstić information content (AvgIpc) is 2.92.